The average molecular weight is 290 g/mol. The highest BCUT2D eigenvalue weighted by Gasteiger charge is 2.59. The van der Waals surface area contributed by atoms with Crippen LogP contribution in [0.25, 0.3) is 0 Å². The van der Waals surface area contributed by atoms with E-state index >= 15 is 0 Å². The van der Waals surface area contributed by atoms with Crippen molar-refractivity contribution in [1.82, 2.24) is 0 Å². The van der Waals surface area contributed by atoms with Crippen LogP contribution in [-0.4, -0.2) is 22.4 Å². The van der Waals surface area contributed by atoms with Crippen molar-refractivity contribution in [3.63, 3.8) is 0 Å². The van der Waals surface area contributed by atoms with Crippen LogP contribution in [0.5, 0.6) is 0 Å². The van der Waals surface area contributed by atoms with E-state index in [1.54, 1.807) is 5.57 Å². The molecule has 7 atom stereocenters. The Bertz CT molecular complexity index is 443. The van der Waals surface area contributed by atoms with Gasteiger partial charge in [-0.05, 0) is 81.5 Å². The molecule has 4 aliphatic carbocycles. The maximum atomic E-state index is 11.0. The summed E-state index contributed by atoms with van der Waals surface area (Å²) in [6.45, 7) is 2.23. The minimum atomic E-state index is -0.189. The van der Waals surface area contributed by atoms with Gasteiger partial charge in [0, 0.05) is 5.41 Å². The Morgan fingerprint density at radius 2 is 2.05 bits per heavy atom. The largest absolute Gasteiger partial charge is 0.393 e. The van der Waals surface area contributed by atoms with Gasteiger partial charge in [-0.25, -0.2) is 0 Å². The van der Waals surface area contributed by atoms with Crippen LogP contribution >= 0.6 is 0 Å². The maximum Gasteiger partial charge on any atom is 0.0600 e. The van der Waals surface area contributed by atoms with Gasteiger partial charge in [0.15, 0.2) is 0 Å². The number of allylic oxidation sites excluding steroid dienone is 2. The molecule has 3 saturated carbocycles. The molecule has 0 bridgehead atoms. The van der Waals surface area contributed by atoms with Gasteiger partial charge < -0.3 is 10.2 Å². The highest BCUT2D eigenvalue weighted by molar-refractivity contribution is 5.20. The monoisotopic (exact) mass is 290 g/mol. The normalized spacial score (nSPS) is 52.6. The summed E-state index contributed by atoms with van der Waals surface area (Å²) in [6.07, 6.45) is 12.5. The molecule has 3 fully saturated rings. The van der Waals surface area contributed by atoms with Crippen LogP contribution in [0.1, 0.15) is 64.7 Å². The highest BCUT2D eigenvalue weighted by atomic mass is 16.3. The van der Waals surface area contributed by atoms with Crippen molar-refractivity contribution in [2.45, 2.75) is 76.9 Å². The first-order valence-electron chi connectivity index (χ1n) is 9.22. The molecule has 2 N–H and O–H groups in total. The molecule has 2 nitrogen and oxygen atoms in total. The van der Waals surface area contributed by atoms with E-state index in [0.717, 1.165) is 19.3 Å². The minimum Gasteiger partial charge on any atom is -0.393 e. The van der Waals surface area contributed by atoms with Gasteiger partial charge in [0.25, 0.3) is 0 Å². The fourth-order valence-electron chi connectivity index (χ4n) is 6.79. The van der Waals surface area contributed by atoms with E-state index in [4.69, 9.17) is 0 Å². The second kappa shape index (κ2) is 5.09. The number of aliphatic hydroxyl groups is 2. The van der Waals surface area contributed by atoms with Gasteiger partial charge in [-0.2, -0.15) is 0 Å². The summed E-state index contributed by atoms with van der Waals surface area (Å²) in [4.78, 5) is 0. The molecule has 4 rings (SSSR count). The summed E-state index contributed by atoms with van der Waals surface area (Å²) in [7, 11) is 0. The molecule has 0 heterocycles. The molecule has 21 heavy (non-hydrogen) atoms. The van der Waals surface area contributed by atoms with E-state index in [-0.39, 0.29) is 17.6 Å². The molecule has 0 spiro atoms. The second-order valence-corrected chi connectivity index (χ2v) is 8.15. The Balaban J connectivity index is 1.69. The zero-order valence-electron chi connectivity index (χ0n) is 13.3. The Morgan fingerprint density at radius 1 is 1.19 bits per heavy atom. The summed E-state index contributed by atoms with van der Waals surface area (Å²) >= 11 is 0. The minimum absolute atomic E-state index is 0.0243. The van der Waals surface area contributed by atoms with E-state index in [1.165, 1.54) is 38.5 Å². The van der Waals surface area contributed by atoms with E-state index in [9.17, 15) is 10.2 Å². The van der Waals surface area contributed by atoms with Crippen molar-refractivity contribution in [3.05, 3.63) is 11.6 Å². The lowest BCUT2D eigenvalue weighted by Gasteiger charge is -2.56. The first kappa shape index (κ1) is 14.3. The Hall–Kier alpha value is -0.340. The van der Waals surface area contributed by atoms with Gasteiger partial charge in [0.05, 0.1) is 12.2 Å². The summed E-state index contributed by atoms with van der Waals surface area (Å²) in [5, 5.41) is 21.6. The zero-order valence-corrected chi connectivity index (χ0v) is 13.3. The van der Waals surface area contributed by atoms with Gasteiger partial charge in [-0.3, -0.25) is 0 Å². The number of fused-ring (bicyclic) bond motifs is 5. The lowest BCUT2D eigenvalue weighted by molar-refractivity contribution is -0.129. The molecule has 0 saturated heterocycles. The zero-order chi connectivity index (χ0) is 14.6. The van der Waals surface area contributed by atoms with Gasteiger partial charge in [-0.15, -0.1) is 0 Å². The molecule has 0 amide bonds. The number of hydrogen-bond acceptors (Lipinski definition) is 2. The third-order valence-corrected chi connectivity index (χ3v) is 7.69. The average Bonchev–Trinajstić information content (AvgIpc) is 2.84. The Kier molecular flexibility index (Phi) is 3.46. The third-order valence-electron chi connectivity index (χ3n) is 7.69. The summed E-state index contributed by atoms with van der Waals surface area (Å²) in [5.41, 5.74) is 1.68. The summed E-state index contributed by atoms with van der Waals surface area (Å²) in [5.74, 6) is 2.46. The van der Waals surface area contributed by atoms with Crippen molar-refractivity contribution in [2.75, 3.05) is 0 Å². The van der Waals surface area contributed by atoms with Gasteiger partial charge >= 0.3 is 0 Å². The first-order chi connectivity index (χ1) is 10.2. The predicted molar refractivity (Wildman–Crippen MR) is 83.7 cm³/mol. The van der Waals surface area contributed by atoms with Crippen molar-refractivity contribution < 1.29 is 10.2 Å². The van der Waals surface area contributed by atoms with Crippen LogP contribution < -0.4 is 0 Å². The van der Waals surface area contributed by atoms with Crippen LogP contribution in [0.4, 0.5) is 0 Å². The van der Waals surface area contributed by atoms with Crippen molar-refractivity contribution in [2.24, 2.45) is 29.1 Å². The lowest BCUT2D eigenvalue weighted by Crippen LogP contribution is -2.54. The number of hydrogen-bond donors (Lipinski definition) is 2. The third kappa shape index (κ3) is 1.91. The van der Waals surface area contributed by atoms with E-state index in [0.29, 0.717) is 23.7 Å². The quantitative estimate of drug-likeness (QED) is 0.723. The fourth-order valence-corrected chi connectivity index (χ4v) is 6.79. The van der Waals surface area contributed by atoms with Crippen LogP contribution in [-0.2, 0) is 0 Å². The molecule has 0 aromatic heterocycles. The van der Waals surface area contributed by atoms with Crippen molar-refractivity contribution >= 4 is 0 Å². The maximum absolute atomic E-state index is 11.0. The SMILES string of the molecule is CCC12CC(O)C3C4CCCC=C4CCC3C1CCC2O. The molecule has 0 aliphatic heterocycles. The molecule has 0 radical (unpaired) electrons. The van der Waals surface area contributed by atoms with E-state index < -0.39 is 0 Å². The molecule has 7 unspecified atom stereocenters. The Morgan fingerprint density at radius 3 is 2.86 bits per heavy atom. The first-order valence-corrected chi connectivity index (χ1v) is 9.22. The van der Waals surface area contributed by atoms with Gasteiger partial charge in [0.2, 0.25) is 0 Å². The van der Waals surface area contributed by atoms with Crippen LogP contribution in [0.15, 0.2) is 11.6 Å². The predicted octanol–water partition coefficient (Wildman–Crippen LogP) is 3.67. The highest BCUT2D eigenvalue weighted by Crippen LogP contribution is 2.63. The van der Waals surface area contributed by atoms with Crippen LogP contribution in [0.3, 0.4) is 0 Å². The molecule has 0 aromatic rings. The summed E-state index contributed by atoms with van der Waals surface area (Å²) < 4.78 is 0. The fraction of sp³-hybridized carbons (Fsp3) is 0.895. The molecular weight excluding hydrogens is 260 g/mol. The Labute approximate surface area is 128 Å². The number of rotatable bonds is 1. The van der Waals surface area contributed by atoms with Gasteiger partial charge in [0.1, 0.15) is 0 Å². The second-order valence-electron chi connectivity index (χ2n) is 8.15. The molecule has 2 heteroatoms. The smallest absolute Gasteiger partial charge is 0.0600 e. The van der Waals surface area contributed by atoms with Crippen molar-refractivity contribution in [3.8, 4) is 0 Å². The molecule has 4 aliphatic rings. The molecule has 118 valence electrons. The van der Waals surface area contributed by atoms with Gasteiger partial charge in [-0.1, -0.05) is 18.6 Å². The summed E-state index contributed by atoms with van der Waals surface area (Å²) in [6, 6.07) is 0. The molecular formula is C19H30O2. The topological polar surface area (TPSA) is 40.5 Å². The lowest BCUT2D eigenvalue weighted by atomic mass is 9.50. The number of aliphatic hydroxyl groups excluding tert-OH is 2. The van der Waals surface area contributed by atoms with Crippen molar-refractivity contribution in [1.29, 1.82) is 0 Å². The van der Waals surface area contributed by atoms with Crippen LogP contribution in [0.2, 0.25) is 0 Å². The molecule has 0 aromatic carbocycles. The van der Waals surface area contributed by atoms with E-state index in [2.05, 4.69) is 13.0 Å². The van der Waals surface area contributed by atoms with Crippen LogP contribution in [0, 0.1) is 29.1 Å². The standard InChI is InChI=1S/C19H30O2/c1-2-19-11-16(20)18-13-6-4-3-5-12(13)7-8-14(18)15(19)9-10-17(19)21/h5,13-18,20-21H,2-4,6-11H2,1H3. The van der Waals surface area contributed by atoms with E-state index in [1.807, 2.05) is 0 Å².